The first kappa shape index (κ1) is 20.4. The number of benzene rings is 1. The van der Waals surface area contributed by atoms with Crippen LogP contribution in [0.25, 0.3) is 0 Å². The van der Waals surface area contributed by atoms with Gasteiger partial charge in [0.05, 0.1) is 19.8 Å². The average Bonchev–Trinajstić information content (AvgIpc) is 3.03. The van der Waals surface area contributed by atoms with E-state index >= 15 is 0 Å². The first-order chi connectivity index (χ1) is 12.9. The molecule has 1 aliphatic heterocycles. The van der Waals surface area contributed by atoms with E-state index in [2.05, 4.69) is 13.5 Å². The summed E-state index contributed by atoms with van der Waals surface area (Å²) in [5.74, 6) is 0.770. The lowest BCUT2D eigenvalue weighted by Crippen LogP contribution is -2.48. The Balaban J connectivity index is 1.74. The van der Waals surface area contributed by atoms with Gasteiger partial charge in [-0.1, -0.05) is 37.5 Å². The van der Waals surface area contributed by atoms with Gasteiger partial charge in [-0.25, -0.2) is 0 Å². The van der Waals surface area contributed by atoms with Gasteiger partial charge in [-0.05, 0) is 57.2 Å². The topological polar surface area (TPSA) is 36.9 Å². The molecule has 0 unspecified atom stereocenters. The molecule has 0 radical (unpaired) electrons. The molecule has 1 aromatic rings. The first-order valence-corrected chi connectivity index (χ1v) is 10.1. The summed E-state index contributed by atoms with van der Waals surface area (Å²) >= 11 is 0. The normalized spacial score (nSPS) is 27.9. The maximum Gasteiger partial charge on any atom is 0.163 e. The highest BCUT2D eigenvalue weighted by atomic mass is 16.8. The van der Waals surface area contributed by atoms with Crippen molar-refractivity contribution < 1.29 is 18.9 Å². The summed E-state index contributed by atoms with van der Waals surface area (Å²) in [6, 6.07) is 7.95. The van der Waals surface area contributed by atoms with Gasteiger partial charge in [-0.3, -0.25) is 0 Å². The monoisotopic (exact) mass is 374 g/mol. The Morgan fingerprint density at radius 2 is 1.81 bits per heavy atom. The van der Waals surface area contributed by atoms with Crippen molar-refractivity contribution >= 4 is 0 Å². The van der Waals surface area contributed by atoms with Crippen LogP contribution in [0, 0.1) is 5.92 Å². The van der Waals surface area contributed by atoms with E-state index in [4.69, 9.17) is 18.9 Å². The van der Waals surface area contributed by atoms with Gasteiger partial charge in [0.25, 0.3) is 0 Å². The number of methoxy groups -OCH3 is 1. The van der Waals surface area contributed by atoms with Gasteiger partial charge in [0.2, 0.25) is 0 Å². The fraction of sp³-hybridized carbons (Fsp3) is 0.652. The fourth-order valence-electron chi connectivity index (χ4n) is 4.26. The second kappa shape index (κ2) is 8.34. The van der Waals surface area contributed by atoms with Gasteiger partial charge in [0.1, 0.15) is 17.5 Å². The predicted octanol–water partition coefficient (Wildman–Crippen LogP) is 5.26. The van der Waals surface area contributed by atoms with Crippen LogP contribution in [0.1, 0.15) is 58.4 Å². The minimum Gasteiger partial charge on any atom is -0.497 e. The third-order valence-electron chi connectivity index (χ3n) is 5.92. The largest absolute Gasteiger partial charge is 0.497 e. The third-order valence-corrected chi connectivity index (χ3v) is 5.92. The summed E-state index contributed by atoms with van der Waals surface area (Å²) in [4.78, 5) is 0. The first-order valence-electron chi connectivity index (χ1n) is 10.1. The van der Waals surface area contributed by atoms with Crippen LogP contribution in [0.4, 0.5) is 0 Å². The van der Waals surface area contributed by atoms with Gasteiger partial charge in [-0.15, -0.1) is 6.58 Å². The molecule has 0 bridgehead atoms. The molecule has 1 saturated heterocycles. The molecular formula is C23H34O4. The molecule has 4 nitrogen and oxygen atoms in total. The van der Waals surface area contributed by atoms with Gasteiger partial charge >= 0.3 is 0 Å². The van der Waals surface area contributed by atoms with Crippen LogP contribution in [-0.2, 0) is 20.8 Å². The van der Waals surface area contributed by atoms with Crippen molar-refractivity contribution in [1.29, 1.82) is 0 Å². The molecule has 0 amide bonds. The summed E-state index contributed by atoms with van der Waals surface area (Å²) in [7, 11) is 1.67. The number of ether oxygens (including phenoxy) is 4. The molecule has 3 rings (SSSR count). The van der Waals surface area contributed by atoms with E-state index < -0.39 is 11.4 Å². The maximum absolute atomic E-state index is 6.37. The summed E-state index contributed by atoms with van der Waals surface area (Å²) in [6.07, 6.45) is 8.03. The molecule has 4 heteroatoms. The summed E-state index contributed by atoms with van der Waals surface area (Å²) in [5.41, 5.74) is 0.478. The Hall–Kier alpha value is -1.36. The zero-order chi connectivity index (χ0) is 19.5. The second-order valence-corrected chi connectivity index (χ2v) is 8.44. The molecule has 0 N–H and O–H groups in total. The molecule has 2 aliphatic rings. The van der Waals surface area contributed by atoms with Crippen molar-refractivity contribution in [3.05, 3.63) is 42.5 Å². The van der Waals surface area contributed by atoms with Gasteiger partial charge in [0, 0.05) is 0 Å². The molecule has 27 heavy (non-hydrogen) atoms. The Morgan fingerprint density at radius 3 is 2.41 bits per heavy atom. The lowest BCUT2D eigenvalue weighted by atomic mass is 9.79. The van der Waals surface area contributed by atoms with E-state index in [0.29, 0.717) is 12.5 Å². The zero-order valence-electron chi connectivity index (χ0n) is 17.2. The SMILES string of the molecule is C=C[C@@](C)(OCc1ccc(OC)cc1)[C@H]1OC(C)(C)O[C@@H]1C1CCCCC1. The predicted molar refractivity (Wildman–Crippen MR) is 107 cm³/mol. The second-order valence-electron chi connectivity index (χ2n) is 8.44. The maximum atomic E-state index is 6.37. The lowest BCUT2D eigenvalue weighted by Gasteiger charge is -2.38. The van der Waals surface area contributed by atoms with E-state index in [1.807, 2.05) is 44.2 Å². The van der Waals surface area contributed by atoms with E-state index in [1.165, 1.54) is 32.1 Å². The average molecular weight is 375 g/mol. The van der Waals surface area contributed by atoms with Crippen LogP contribution in [0.5, 0.6) is 5.75 Å². The highest BCUT2D eigenvalue weighted by Gasteiger charge is 2.52. The van der Waals surface area contributed by atoms with E-state index in [9.17, 15) is 0 Å². The molecule has 0 spiro atoms. The van der Waals surface area contributed by atoms with Crippen molar-refractivity contribution in [3.63, 3.8) is 0 Å². The van der Waals surface area contributed by atoms with Gasteiger partial charge in [-0.2, -0.15) is 0 Å². The Morgan fingerprint density at radius 1 is 1.15 bits per heavy atom. The van der Waals surface area contributed by atoms with Crippen molar-refractivity contribution in [2.24, 2.45) is 5.92 Å². The smallest absolute Gasteiger partial charge is 0.163 e. The number of hydrogen-bond donors (Lipinski definition) is 0. The molecule has 3 atom stereocenters. The number of hydrogen-bond acceptors (Lipinski definition) is 4. The zero-order valence-corrected chi connectivity index (χ0v) is 17.2. The molecule has 150 valence electrons. The molecule has 1 heterocycles. The molecule has 1 aromatic carbocycles. The van der Waals surface area contributed by atoms with Crippen LogP contribution < -0.4 is 4.74 Å². The van der Waals surface area contributed by atoms with Gasteiger partial charge in [0.15, 0.2) is 5.79 Å². The summed E-state index contributed by atoms with van der Waals surface area (Å²) in [5, 5.41) is 0. The number of rotatable bonds is 7. The summed E-state index contributed by atoms with van der Waals surface area (Å²) < 4.78 is 24.3. The summed E-state index contributed by atoms with van der Waals surface area (Å²) in [6.45, 7) is 10.6. The standard InChI is InChI=1S/C23H34O4/c1-6-23(4,25-16-17-12-14-19(24-5)15-13-17)21-20(26-22(2,3)27-21)18-10-8-7-9-11-18/h6,12-15,18,20-21H,1,7-11,16H2,2-5H3/t20-,21+,23-/m1/s1. The fourth-order valence-corrected chi connectivity index (χ4v) is 4.26. The molecule has 1 aliphatic carbocycles. The molecule has 2 fully saturated rings. The highest BCUT2D eigenvalue weighted by Crippen LogP contribution is 2.43. The van der Waals surface area contributed by atoms with Crippen LogP contribution in [0.3, 0.4) is 0 Å². The quantitative estimate of drug-likeness (QED) is 0.610. The van der Waals surface area contributed by atoms with Crippen LogP contribution in [0.2, 0.25) is 0 Å². The van der Waals surface area contributed by atoms with E-state index in [0.717, 1.165) is 11.3 Å². The Labute approximate surface area is 163 Å². The molecule has 1 saturated carbocycles. The molecule has 0 aromatic heterocycles. The van der Waals surface area contributed by atoms with Crippen molar-refractivity contribution in [1.82, 2.24) is 0 Å². The van der Waals surface area contributed by atoms with Crippen molar-refractivity contribution in [2.45, 2.75) is 83.1 Å². The third kappa shape index (κ3) is 4.74. The highest BCUT2D eigenvalue weighted by molar-refractivity contribution is 5.26. The van der Waals surface area contributed by atoms with Crippen LogP contribution in [-0.4, -0.2) is 30.7 Å². The Kier molecular flexibility index (Phi) is 6.29. The minimum absolute atomic E-state index is 0.0409. The molecular weight excluding hydrogens is 340 g/mol. The van der Waals surface area contributed by atoms with E-state index in [-0.39, 0.29) is 12.2 Å². The Bertz CT molecular complexity index is 618. The van der Waals surface area contributed by atoms with Crippen molar-refractivity contribution in [2.75, 3.05) is 7.11 Å². The van der Waals surface area contributed by atoms with Gasteiger partial charge < -0.3 is 18.9 Å². The van der Waals surface area contributed by atoms with Crippen LogP contribution >= 0.6 is 0 Å². The van der Waals surface area contributed by atoms with E-state index in [1.54, 1.807) is 7.11 Å². The van der Waals surface area contributed by atoms with Crippen molar-refractivity contribution in [3.8, 4) is 5.75 Å². The van der Waals surface area contributed by atoms with Crippen LogP contribution in [0.15, 0.2) is 36.9 Å². The minimum atomic E-state index is -0.615. The lowest BCUT2D eigenvalue weighted by molar-refractivity contribution is -0.171.